The zero-order valence-corrected chi connectivity index (χ0v) is 14.1. The van der Waals surface area contributed by atoms with Crippen LogP contribution in [0.3, 0.4) is 0 Å². The third-order valence-electron chi connectivity index (χ3n) is 2.59. The van der Waals surface area contributed by atoms with Crippen LogP contribution in [0.5, 0.6) is 5.75 Å². The monoisotopic (exact) mass is 350 g/mol. The lowest BCUT2D eigenvalue weighted by Crippen LogP contribution is -2.41. The molecular formula is C12H19ClN4O4S. The number of methoxy groups -OCH3 is 1. The Bertz CT molecular complexity index is 622. The molecule has 0 fully saturated rings. The Morgan fingerprint density at radius 1 is 1.32 bits per heavy atom. The summed E-state index contributed by atoms with van der Waals surface area (Å²) in [5.74, 6) is 0.505. The van der Waals surface area contributed by atoms with Gasteiger partial charge < -0.3 is 15.4 Å². The number of hydrogen-bond acceptors (Lipinski definition) is 4. The lowest BCUT2D eigenvalue weighted by atomic mass is 10.3. The number of rotatable bonds is 7. The standard InChI is InChI=1S/C12H19ClN4O4S/c1-17(2)22(19,20)15-7-6-14-12(18)16-9-4-5-11(21-3)10(13)8-9/h4-5,8,15H,6-7H2,1-3H3,(H2,14,16,18). The van der Waals surface area contributed by atoms with Gasteiger partial charge in [0.25, 0.3) is 10.2 Å². The smallest absolute Gasteiger partial charge is 0.319 e. The molecule has 3 N–H and O–H groups in total. The van der Waals surface area contributed by atoms with E-state index in [1.165, 1.54) is 21.2 Å². The molecule has 8 nitrogen and oxygen atoms in total. The van der Waals surface area contributed by atoms with Crippen molar-refractivity contribution in [2.24, 2.45) is 0 Å². The van der Waals surface area contributed by atoms with Crippen LogP contribution in [0.25, 0.3) is 0 Å². The van der Waals surface area contributed by atoms with Crippen molar-refractivity contribution < 1.29 is 17.9 Å². The van der Waals surface area contributed by atoms with Crippen LogP contribution in [0.2, 0.25) is 5.02 Å². The quantitative estimate of drug-likeness (QED) is 0.635. The third kappa shape index (κ3) is 5.68. The van der Waals surface area contributed by atoms with E-state index >= 15 is 0 Å². The molecule has 0 radical (unpaired) electrons. The van der Waals surface area contributed by atoms with E-state index in [9.17, 15) is 13.2 Å². The number of carbonyl (C=O) groups excluding carboxylic acids is 1. The Morgan fingerprint density at radius 3 is 2.55 bits per heavy atom. The number of hydrogen-bond donors (Lipinski definition) is 3. The molecule has 1 aromatic carbocycles. The number of nitrogens with one attached hydrogen (secondary N) is 3. The fourth-order valence-corrected chi connectivity index (χ4v) is 2.28. The number of benzene rings is 1. The summed E-state index contributed by atoms with van der Waals surface area (Å²) in [7, 11) is 0.833. The summed E-state index contributed by atoms with van der Waals surface area (Å²) < 4.78 is 31.2. The maximum atomic E-state index is 11.7. The molecule has 0 aliphatic rings. The van der Waals surface area contributed by atoms with Crippen LogP contribution in [-0.4, -0.2) is 53.0 Å². The van der Waals surface area contributed by atoms with Crippen molar-refractivity contribution in [3.63, 3.8) is 0 Å². The summed E-state index contributed by atoms with van der Waals surface area (Å²) in [5, 5.41) is 5.47. The predicted octanol–water partition coefficient (Wildman–Crippen LogP) is 0.866. The number of urea groups is 1. The molecule has 0 aromatic heterocycles. The minimum atomic E-state index is -3.49. The molecule has 0 unspecified atom stereocenters. The van der Waals surface area contributed by atoms with Crippen LogP contribution in [0.15, 0.2) is 18.2 Å². The van der Waals surface area contributed by atoms with Gasteiger partial charge in [-0.15, -0.1) is 0 Å². The molecule has 2 amide bonds. The van der Waals surface area contributed by atoms with Gasteiger partial charge in [0.1, 0.15) is 5.75 Å². The molecule has 124 valence electrons. The predicted molar refractivity (Wildman–Crippen MR) is 85.6 cm³/mol. The van der Waals surface area contributed by atoms with E-state index in [4.69, 9.17) is 16.3 Å². The zero-order valence-electron chi connectivity index (χ0n) is 12.5. The van der Waals surface area contributed by atoms with E-state index < -0.39 is 16.2 Å². The molecule has 0 saturated carbocycles. The molecular weight excluding hydrogens is 332 g/mol. The number of ether oxygens (including phenoxy) is 1. The molecule has 0 saturated heterocycles. The second-order valence-corrected chi connectivity index (χ2v) is 6.79. The summed E-state index contributed by atoms with van der Waals surface area (Å²) >= 11 is 5.94. The first kappa shape index (κ1) is 18.5. The molecule has 0 heterocycles. The number of amides is 2. The van der Waals surface area contributed by atoms with Crippen LogP contribution >= 0.6 is 11.6 Å². The van der Waals surface area contributed by atoms with Crippen LogP contribution < -0.4 is 20.1 Å². The van der Waals surface area contributed by atoms with Gasteiger partial charge in [-0.3, -0.25) is 0 Å². The van der Waals surface area contributed by atoms with Crippen LogP contribution in [-0.2, 0) is 10.2 Å². The van der Waals surface area contributed by atoms with E-state index in [1.807, 2.05) is 0 Å². The van der Waals surface area contributed by atoms with E-state index in [-0.39, 0.29) is 13.1 Å². The first-order valence-corrected chi connectivity index (χ1v) is 8.13. The fraction of sp³-hybridized carbons (Fsp3) is 0.417. The Balaban J connectivity index is 2.40. The van der Waals surface area contributed by atoms with E-state index in [0.717, 1.165) is 4.31 Å². The number of carbonyl (C=O) groups is 1. The molecule has 22 heavy (non-hydrogen) atoms. The van der Waals surface area contributed by atoms with Gasteiger partial charge in [0, 0.05) is 32.9 Å². The molecule has 1 rings (SSSR count). The van der Waals surface area contributed by atoms with Gasteiger partial charge in [-0.1, -0.05) is 11.6 Å². The average Bonchev–Trinajstić information content (AvgIpc) is 2.43. The summed E-state index contributed by atoms with van der Waals surface area (Å²) in [5.41, 5.74) is 0.497. The van der Waals surface area contributed by atoms with Crippen LogP contribution in [0, 0.1) is 0 Å². The van der Waals surface area contributed by atoms with Gasteiger partial charge >= 0.3 is 6.03 Å². The summed E-state index contributed by atoms with van der Waals surface area (Å²) in [6, 6.07) is 4.35. The topological polar surface area (TPSA) is 99.8 Å². The Labute approximate surface area is 135 Å². The van der Waals surface area contributed by atoms with Gasteiger partial charge in [-0.05, 0) is 18.2 Å². The lowest BCUT2D eigenvalue weighted by Gasteiger charge is -2.13. The van der Waals surface area contributed by atoms with Crippen molar-refractivity contribution in [3.05, 3.63) is 23.2 Å². The van der Waals surface area contributed by atoms with Gasteiger partial charge in [-0.25, -0.2) is 9.52 Å². The number of halogens is 1. The van der Waals surface area contributed by atoms with Crippen molar-refractivity contribution in [2.75, 3.05) is 39.6 Å². The highest BCUT2D eigenvalue weighted by Gasteiger charge is 2.11. The molecule has 0 bridgehead atoms. The van der Waals surface area contributed by atoms with Gasteiger partial charge in [-0.2, -0.15) is 12.7 Å². The van der Waals surface area contributed by atoms with Crippen molar-refractivity contribution in [1.82, 2.24) is 14.3 Å². The largest absolute Gasteiger partial charge is 0.495 e. The summed E-state index contributed by atoms with van der Waals surface area (Å²) in [6.07, 6.45) is 0. The highest BCUT2D eigenvalue weighted by molar-refractivity contribution is 7.87. The number of nitrogens with zero attached hydrogens (tertiary/aromatic N) is 1. The van der Waals surface area contributed by atoms with Gasteiger partial charge in [0.05, 0.1) is 12.1 Å². The van der Waals surface area contributed by atoms with Crippen molar-refractivity contribution in [1.29, 1.82) is 0 Å². The fourth-order valence-electron chi connectivity index (χ4n) is 1.40. The Morgan fingerprint density at radius 2 is 2.00 bits per heavy atom. The van der Waals surface area contributed by atoms with Gasteiger partial charge in [0.15, 0.2) is 0 Å². The molecule has 0 aliphatic heterocycles. The first-order valence-electron chi connectivity index (χ1n) is 6.32. The van der Waals surface area contributed by atoms with Gasteiger partial charge in [0.2, 0.25) is 0 Å². The number of anilines is 1. The van der Waals surface area contributed by atoms with Crippen LogP contribution in [0.1, 0.15) is 0 Å². The minimum Gasteiger partial charge on any atom is -0.495 e. The minimum absolute atomic E-state index is 0.0807. The molecule has 0 atom stereocenters. The van der Waals surface area contributed by atoms with Crippen molar-refractivity contribution >= 4 is 33.5 Å². The lowest BCUT2D eigenvalue weighted by molar-refractivity contribution is 0.252. The summed E-state index contributed by atoms with van der Waals surface area (Å²) in [4.78, 5) is 11.7. The normalized spacial score (nSPS) is 11.3. The van der Waals surface area contributed by atoms with Crippen LogP contribution in [0.4, 0.5) is 10.5 Å². The molecule has 0 spiro atoms. The van der Waals surface area contributed by atoms with Crippen molar-refractivity contribution in [3.8, 4) is 5.75 Å². The SMILES string of the molecule is COc1ccc(NC(=O)NCCNS(=O)(=O)N(C)C)cc1Cl. The average molecular weight is 351 g/mol. The molecule has 0 aliphatic carbocycles. The van der Waals surface area contributed by atoms with E-state index in [1.54, 1.807) is 18.2 Å². The van der Waals surface area contributed by atoms with Crippen molar-refractivity contribution in [2.45, 2.75) is 0 Å². The third-order valence-corrected chi connectivity index (χ3v) is 4.41. The van der Waals surface area contributed by atoms with E-state index in [2.05, 4.69) is 15.4 Å². The highest BCUT2D eigenvalue weighted by Crippen LogP contribution is 2.26. The Kier molecular flexibility index (Phi) is 6.88. The Hall–Kier alpha value is -1.55. The summed E-state index contributed by atoms with van der Waals surface area (Å²) in [6.45, 7) is 0.222. The second-order valence-electron chi connectivity index (χ2n) is 4.41. The maximum absolute atomic E-state index is 11.7. The maximum Gasteiger partial charge on any atom is 0.319 e. The van der Waals surface area contributed by atoms with E-state index in [0.29, 0.717) is 16.5 Å². The first-order chi connectivity index (χ1) is 10.3. The molecule has 1 aromatic rings. The highest BCUT2D eigenvalue weighted by atomic mass is 35.5. The second kappa shape index (κ2) is 8.18. The molecule has 10 heteroatoms. The zero-order chi connectivity index (χ0) is 16.8.